The highest BCUT2D eigenvalue weighted by Crippen LogP contribution is 2.01. The molecule has 0 atom stereocenters. The first-order valence-corrected chi connectivity index (χ1v) is 5.77. The molecule has 0 saturated carbocycles. The molecule has 0 amide bonds. The normalized spacial score (nSPS) is 11.3. The van der Waals surface area contributed by atoms with E-state index in [0.29, 0.717) is 13.1 Å². The van der Waals surface area contributed by atoms with Gasteiger partial charge in [0, 0.05) is 0 Å². The van der Waals surface area contributed by atoms with Crippen LogP contribution < -0.4 is 0 Å². The van der Waals surface area contributed by atoms with Crippen molar-refractivity contribution in [3.8, 4) is 0 Å². The molecule has 2 heteroatoms. The number of unbranched alkanes of at least 4 members (excludes halogenated alkanes) is 4. The van der Waals surface area contributed by atoms with Crippen molar-refractivity contribution >= 4 is 6.47 Å². The molecule has 2 nitrogen and oxygen atoms in total. The van der Waals surface area contributed by atoms with Gasteiger partial charge in [0.1, 0.15) is 6.61 Å². The van der Waals surface area contributed by atoms with Gasteiger partial charge in [0.25, 0.3) is 6.47 Å². The van der Waals surface area contributed by atoms with Gasteiger partial charge in [-0.15, -0.1) is 0 Å². The fraction of sp³-hybridized carbons (Fsp3) is 0.615. The van der Waals surface area contributed by atoms with Crippen LogP contribution in [-0.2, 0) is 9.53 Å². The van der Waals surface area contributed by atoms with E-state index in [0.717, 1.165) is 12.8 Å². The number of hydrogen-bond donors (Lipinski definition) is 0. The standard InChI is InChI=1S/C13H22O2/c1-2-3-4-5-6-7-8-9-10-11-12-15-13-14/h5-6,10-11,13H,2-4,7-9,12H2,1H3/b6-5-,11-10-. The predicted molar refractivity (Wildman–Crippen MR) is 63.7 cm³/mol. The Morgan fingerprint density at radius 3 is 2.13 bits per heavy atom. The smallest absolute Gasteiger partial charge is 0.293 e. The highest BCUT2D eigenvalue weighted by molar-refractivity contribution is 5.37. The monoisotopic (exact) mass is 210 g/mol. The lowest BCUT2D eigenvalue weighted by molar-refractivity contribution is -0.127. The first kappa shape index (κ1) is 13.9. The highest BCUT2D eigenvalue weighted by atomic mass is 16.5. The van der Waals surface area contributed by atoms with Crippen LogP contribution in [0.5, 0.6) is 0 Å². The second-order valence-corrected chi connectivity index (χ2v) is 3.45. The van der Waals surface area contributed by atoms with Gasteiger partial charge in [-0.2, -0.15) is 0 Å². The fourth-order valence-corrected chi connectivity index (χ4v) is 1.19. The summed E-state index contributed by atoms with van der Waals surface area (Å²) in [7, 11) is 0. The van der Waals surface area contributed by atoms with E-state index in [4.69, 9.17) is 0 Å². The van der Waals surface area contributed by atoms with Crippen molar-refractivity contribution < 1.29 is 9.53 Å². The topological polar surface area (TPSA) is 26.3 Å². The lowest BCUT2D eigenvalue weighted by atomic mass is 10.2. The largest absolute Gasteiger partial charge is 0.464 e. The zero-order valence-corrected chi connectivity index (χ0v) is 9.65. The van der Waals surface area contributed by atoms with Crippen molar-refractivity contribution in [1.82, 2.24) is 0 Å². The Morgan fingerprint density at radius 2 is 1.53 bits per heavy atom. The quantitative estimate of drug-likeness (QED) is 0.312. The Morgan fingerprint density at radius 1 is 0.933 bits per heavy atom. The maximum atomic E-state index is 9.80. The SMILES string of the molecule is CCCC/C=C\CCC/C=C\COC=O. The van der Waals surface area contributed by atoms with Gasteiger partial charge < -0.3 is 4.74 Å². The third-order valence-corrected chi connectivity index (χ3v) is 2.06. The van der Waals surface area contributed by atoms with Gasteiger partial charge in [-0.3, -0.25) is 4.79 Å². The molecule has 0 saturated heterocycles. The zero-order chi connectivity index (χ0) is 11.2. The summed E-state index contributed by atoms with van der Waals surface area (Å²) < 4.78 is 4.52. The Labute approximate surface area is 93.0 Å². The molecule has 0 aromatic heterocycles. The second kappa shape index (κ2) is 12.9. The van der Waals surface area contributed by atoms with E-state index < -0.39 is 0 Å². The number of rotatable bonds is 10. The summed E-state index contributed by atoms with van der Waals surface area (Å²) in [6.45, 7) is 3.08. The average Bonchev–Trinajstić information content (AvgIpc) is 2.26. The number of carbonyl (C=O) groups excluding carboxylic acids is 1. The molecular formula is C13H22O2. The Balaban J connectivity index is 3.13. The summed E-state index contributed by atoms with van der Waals surface area (Å²) >= 11 is 0. The number of allylic oxidation sites excluding steroid dienone is 3. The van der Waals surface area contributed by atoms with Gasteiger partial charge in [0.05, 0.1) is 0 Å². The molecule has 0 aromatic carbocycles. The highest BCUT2D eigenvalue weighted by Gasteiger charge is 1.82. The predicted octanol–water partition coefficient (Wildman–Crippen LogP) is 3.63. The van der Waals surface area contributed by atoms with Gasteiger partial charge in [-0.25, -0.2) is 0 Å². The van der Waals surface area contributed by atoms with Gasteiger partial charge in [-0.05, 0) is 25.7 Å². The summed E-state index contributed by atoms with van der Waals surface area (Å²) in [5.74, 6) is 0. The van der Waals surface area contributed by atoms with Gasteiger partial charge in [0.2, 0.25) is 0 Å². The van der Waals surface area contributed by atoms with E-state index in [2.05, 4.69) is 29.9 Å². The molecule has 0 N–H and O–H groups in total. The molecule has 0 aromatic rings. The lowest BCUT2D eigenvalue weighted by Crippen LogP contribution is -1.85. The van der Waals surface area contributed by atoms with Crippen LogP contribution in [0, 0.1) is 0 Å². The van der Waals surface area contributed by atoms with Crippen molar-refractivity contribution in [2.24, 2.45) is 0 Å². The molecule has 0 aliphatic carbocycles. The van der Waals surface area contributed by atoms with Gasteiger partial charge in [0.15, 0.2) is 0 Å². The molecule has 0 rings (SSSR count). The fourth-order valence-electron chi connectivity index (χ4n) is 1.19. The maximum absolute atomic E-state index is 9.80. The second-order valence-electron chi connectivity index (χ2n) is 3.45. The van der Waals surface area contributed by atoms with Crippen LogP contribution in [0.25, 0.3) is 0 Å². The Kier molecular flexibility index (Phi) is 12.0. The molecule has 86 valence electrons. The van der Waals surface area contributed by atoms with E-state index in [9.17, 15) is 4.79 Å². The molecule has 0 spiro atoms. The van der Waals surface area contributed by atoms with Gasteiger partial charge >= 0.3 is 0 Å². The van der Waals surface area contributed by atoms with Crippen LogP contribution in [0.15, 0.2) is 24.3 Å². The van der Waals surface area contributed by atoms with Crippen molar-refractivity contribution in [1.29, 1.82) is 0 Å². The zero-order valence-electron chi connectivity index (χ0n) is 9.65. The summed E-state index contributed by atoms with van der Waals surface area (Å²) in [6, 6.07) is 0. The minimum Gasteiger partial charge on any atom is -0.464 e. The molecule has 0 fully saturated rings. The molecular weight excluding hydrogens is 188 g/mol. The van der Waals surface area contributed by atoms with Crippen LogP contribution in [0.1, 0.15) is 45.4 Å². The summed E-state index contributed by atoms with van der Waals surface area (Å²) in [5.41, 5.74) is 0. The van der Waals surface area contributed by atoms with Crippen molar-refractivity contribution in [2.45, 2.75) is 45.4 Å². The first-order chi connectivity index (χ1) is 7.41. The third kappa shape index (κ3) is 12.9. The summed E-state index contributed by atoms with van der Waals surface area (Å²) in [6.07, 6.45) is 15.6. The third-order valence-electron chi connectivity index (χ3n) is 2.06. The van der Waals surface area contributed by atoms with E-state index in [-0.39, 0.29) is 0 Å². The lowest BCUT2D eigenvalue weighted by Gasteiger charge is -1.92. The minimum absolute atomic E-state index is 0.399. The molecule has 0 unspecified atom stereocenters. The van der Waals surface area contributed by atoms with E-state index in [1.807, 2.05) is 6.08 Å². The Hall–Kier alpha value is -1.05. The maximum Gasteiger partial charge on any atom is 0.293 e. The molecule has 0 radical (unpaired) electrons. The van der Waals surface area contributed by atoms with Crippen molar-refractivity contribution in [3.05, 3.63) is 24.3 Å². The summed E-state index contributed by atoms with van der Waals surface area (Å²) in [5, 5.41) is 0. The summed E-state index contributed by atoms with van der Waals surface area (Å²) in [4.78, 5) is 9.80. The van der Waals surface area contributed by atoms with Crippen LogP contribution in [-0.4, -0.2) is 13.1 Å². The van der Waals surface area contributed by atoms with Crippen LogP contribution >= 0.6 is 0 Å². The van der Waals surface area contributed by atoms with Crippen molar-refractivity contribution in [2.75, 3.05) is 6.61 Å². The molecule has 15 heavy (non-hydrogen) atoms. The van der Waals surface area contributed by atoms with Crippen molar-refractivity contribution in [3.63, 3.8) is 0 Å². The molecule has 0 aliphatic rings. The molecule has 0 bridgehead atoms. The average molecular weight is 210 g/mol. The van der Waals surface area contributed by atoms with Gasteiger partial charge in [-0.1, -0.05) is 44.1 Å². The number of carbonyl (C=O) groups is 1. The van der Waals surface area contributed by atoms with Crippen LogP contribution in [0.4, 0.5) is 0 Å². The van der Waals surface area contributed by atoms with Crippen LogP contribution in [0.2, 0.25) is 0 Å². The number of hydrogen-bond acceptors (Lipinski definition) is 2. The molecule has 0 aliphatic heterocycles. The van der Waals surface area contributed by atoms with E-state index >= 15 is 0 Å². The Bertz CT molecular complexity index is 183. The van der Waals surface area contributed by atoms with E-state index in [1.54, 1.807) is 0 Å². The first-order valence-electron chi connectivity index (χ1n) is 5.77. The molecule has 0 heterocycles. The minimum atomic E-state index is 0.399. The van der Waals surface area contributed by atoms with Crippen LogP contribution in [0.3, 0.4) is 0 Å². The number of ether oxygens (including phenoxy) is 1. The van der Waals surface area contributed by atoms with E-state index in [1.165, 1.54) is 25.7 Å².